The molecule has 1 rings (SSSR count). The average molecular weight is 288 g/mol. The molecule has 0 radical (unpaired) electrons. The van der Waals surface area contributed by atoms with Crippen molar-refractivity contribution in [3.63, 3.8) is 0 Å². The molecule has 1 aromatic carbocycles. The molecule has 1 atom stereocenters. The summed E-state index contributed by atoms with van der Waals surface area (Å²) in [6.07, 6.45) is -3.94. The molecule has 112 valence electrons. The van der Waals surface area contributed by atoms with Crippen molar-refractivity contribution in [2.45, 2.75) is 26.4 Å². The standard InChI is InChI=1S/C14H19F3N2O/c1-5-9(2)13(20)18-12-7-6-10(19(3)4)8-11(12)14(15,16)17/h6-9H,5H2,1-4H3,(H,18,20). The topological polar surface area (TPSA) is 32.3 Å². The lowest BCUT2D eigenvalue weighted by Gasteiger charge is -2.19. The van der Waals surface area contributed by atoms with Crippen LogP contribution >= 0.6 is 0 Å². The molecule has 0 aliphatic carbocycles. The molecule has 1 aromatic rings. The molecule has 0 aliphatic rings. The molecule has 0 fully saturated rings. The molecule has 1 unspecified atom stereocenters. The van der Waals surface area contributed by atoms with Crippen LogP contribution in [0.15, 0.2) is 18.2 Å². The zero-order chi connectivity index (χ0) is 15.5. The molecule has 0 aliphatic heterocycles. The molecule has 1 amide bonds. The van der Waals surface area contributed by atoms with Gasteiger partial charge in [0.2, 0.25) is 5.91 Å². The molecule has 1 N–H and O–H groups in total. The Morgan fingerprint density at radius 3 is 2.40 bits per heavy atom. The van der Waals surface area contributed by atoms with Gasteiger partial charge in [-0.3, -0.25) is 4.79 Å². The predicted molar refractivity (Wildman–Crippen MR) is 73.9 cm³/mol. The summed E-state index contributed by atoms with van der Waals surface area (Å²) in [5.74, 6) is -0.736. The Morgan fingerprint density at radius 2 is 1.95 bits per heavy atom. The first-order chi connectivity index (χ1) is 9.16. The summed E-state index contributed by atoms with van der Waals surface area (Å²) in [6.45, 7) is 3.49. The van der Waals surface area contributed by atoms with Crippen LogP contribution in [0.1, 0.15) is 25.8 Å². The number of benzene rings is 1. The molecule has 0 spiro atoms. The van der Waals surface area contributed by atoms with Gasteiger partial charge in [0.15, 0.2) is 0 Å². The SMILES string of the molecule is CCC(C)C(=O)Nc1ccc(N(C)C)cc1C(F)(F)F. The lowest BCUT2D eigenvalue weighted by molar-refractivity contribution is -0.137. The fourth-order valence-electron chi connectivity index (χ4n) is 1.60. The van der Waals surface area contributed by atoms with Crippen LogP contribution in [-0.4, -0.2) is 20.0 Å². The Kier molecular flexibility index (Phi) is 5.03. The maximum absolute atomic E-state index is 13.1. The monoisotopic (exact) mass is 288 g/mol. The average Bonchev–Trinajstić information content (AvgIpc) is 2.36. The number of hydrogen-bond acceptors (Lipinski definition) is 2. The summed E-state index contributed by atoms with van der Waals surface area (Å²) < 4.78 is 39.2. The first kappa shape index (κ1) is 16.3. The van der Waals surface area contributed by atoms with E-state index in [0.717, 1.165) is 6.07 Å². The molecular weight excluding hydrogens is 269 g/mol. The van der Waals surface area contributed by atoms with E-state index in [-0.39, 0.29) is 11.6 Å². The number of rotatable bonds is 4. The molecule has 0 heterocycles. The fourth-order valence-corrected chi connectivity index (χ4v) is 1.60. The van der Waals surface area contributed by atoms with Crippen molar-refractivity contribution >= 4 is 17.3 Å². The number of nitrogens with one attached hydrogen (secondary N) is 1. The summed E-state index contributed by atoms with van der Waals surface area (Å²) in [5, 5.41) is 2.36. The van der Waals surface area contributed by atoms with E-state index >= 15 is 0 Å². The largest absolute Gasteiger partial charge is 0.418 e. The van der Waals surface area contributed by atoms with Gasteiger partial charge in [-0.05, 0) is 24.6 Å². The minimum atomic E-state index is -4.51. The molecule has 6 heteroatoms. The van der Waals surface area contributed by atoms with Crippen LogP contribution in [0.4, 0.5) is 24.5 Å². The van der Waals surface area contributed by atoms with E-state index in [9.17, 15) is 18.0 Å². The summed E-state index contributed by atoms with van der Waals surface area (Å²) in [6, 6.07) is 3.87. The second-order valence-corrected chi connectivity index (χ2v) is 4.92. The van der Waals surface area contributed by atoms with E-state index in [4.69, 9.17) is 0 Å². The van der Waals surface area contributed by atoms with Crippen molar-refractivity contribution < 1.29 is 18.0 Å². The predicted octanol–water partition coefficient (Wildman–Crippen LogP) is 3.76. The highest BCUT2D eigenvalue weighted by molar-refractivity contribution is 5.93. The normalized spacial score (nSPS) is 12.9. The van der Waals surface area contributed by atoms with Gasteiger partial charge in [0.25, 0.3) is 0 Å². The van der Waals surface area contributed by atoms with Crippen molar-refractivity contribution in [3.05, 3.63) is 23.8 Å². The van der Waals surface area contributed by atoms with Crippen LogP contribution in [0.25, 0.3) is 0 Å². The Balaban J connectivity index is 3.16. The van der Waals surface area contributed by atoms with Gasteiger partial charge in [0.05, 0.1) is 11.3 Å². The summed E-state index contributed by atoms with van der Waals surface area (Å²) in [4.78, 5) is 13.3. The quantitative estimate of drug-likeness (QED) is 0.915. The molecule has 0 bridgehead atoms. The van der Waals surface area contributed by atoms with E-state index in [1.807, 2.05) is 6.92 Å². The Morgan fingerprint density at radius 1 is 1.35 bits per heavy atom. The number of hydrogen-bond donors (Lipinski definition) is 1. The number of alkyl halides is 3. The first-order valence-corrected chi connectivity index (χ1v) is 6.36. The number of carbonyl (C=O) groups excluding carboxylic acids is 1. The summed E-state index contributed by atoms with van der Waals surface area (Å²) >= 11 is 0. The highest BCUT2D eigenvalue weighted by Crippen LogP contribution is 2.37. The van der Waals surface area contributed by atoms with Crippen molar-refractivity contribution in [2.75, 3.05) is 24.3 Å². The van der Waals surface area contributed by atoms with Crippen LogP contribution < -0.4 is 10.2 Å². The number of amides is 1. The third-order valence-corrected chi connectivity index (χ3v) is 3.14. The molecule has 0 saturated heterocycles. The molecule has 3 nitrogen and oxygen atoms in total. The minimum absolute atomic E-state index is 0.201. The van der Waals surface area contributed by atoms with Crippen LogP contribution in [-0.2, 0) is 11.0 Å². The van der Waals surface area contributed by atoms with E-state index < -0.39 is 17.6 Å². The van der Waals surface area contributed by atoms with E-state index in [0.29, 0.717) is 12.1 Å². The summed E-state index contributed by atoms with van der Waals surface area (Å²) in [7, 11) is 3.32. The van der Waals surface area contributed by atoms with Crippen LogP contribution in [0, 0.1) is 5.92 Å². The molecular formula is C14H19F3N2O. The van der Waals surface area contributed by atoms with Gasteiger partial charge in [-0.1, -0.05) is 13.8 Å². The number of nitrogens with zero attached hydrogens (tertiary/aromatic N) is 1. The van der Waals surface area contributed by atoms with Gasteiger partial charge in [-0.15, -0.1) is 0 Å². The van der Waals surface area contributed by atoms with Gasteiger partial charge >= 0.3 is 6.18 Å². The lowest BCUT2D eigenvalue weighted by Crippen LogP contribution is -2.22. The van der Waals surface area contributed by atoms with Crippen molar-refractivity contribution in [1.29, 1.82) is 0 Å². The van der Waals surface area contributed by atoms with E-state index in [1.54, 1.807) is 32.0 Å². The smallest absolute Gasteiger partial charge is 0.378 e. The number of anilines is 2. The number of halogens is 3. The van der Waals surface area contributed by atoms with Gasteiger partial charge in [0.1, 0.15) is 0 Å². The molecule has 0 saturated carbocycles. The first-order valence-electron chi connectivity index (χ1n) is 6.36. The van der Waals surface area contributed by atoms with Gasteiger partial charge in [-0.2, -0.15) is 13.2 Å². The van der Waals surface area contributed by atoms with E-state index in [1.165, 1.54) is 6.07 Å². The maximum Gasteiger partial charge on any atom is 0.418 e. The van der Waals surface area contributed by atoms with Crippen LogP contribution in [0.2, 0.25) is 0 Å². The van der Waals surface area contributed by atoms with E-state index in [2.05, 4.69) is 5.32 Å². The highest BCUT2D eigenvalue weighted by Gasteiger charge is 2.34. The van der Waals surface area contributed by atoms with Crippen molar-refractivity contribution in [2.24, 2.45) is 5.92 Å². The second-order valence-electron chi connectivity index (χ2n) is 4.92. The highest BCUT2D eigenvalue weighted by atomic mass is 19.4. The summed E-state index contributed by atoms with van der Waals surface area (Å²) in [5.41, 5.74) is -0.604. The molecule has 0 aromatic heterocycles. The van der Waals surface area contributed by atoms with Crippen molar-refractivity contribution in [3.8, 4) is 0 Å². The Hall–Kier alpha value is -1.72. The van der Waals surface area contributed by atoms with Gasteiger partial charge in [0, 0.05) is 25.7 Å². The minimum Gasteiger partial charge on any atom is -0.378 e. The fraction of sp³-hybridized carbons (Fsp3) is 0.500. The van der Waals surface area contributed by atoms with Crippen LogP contribution in [0.3, 0.4) is 0 Å². The lowest BCUT2D eigenvalue weighted by atomic mass is 10.1. The molecule has 20 heavy (non-hydrogen) atoms. The second kappa shape index (κ2) is 6.15. The van der Waals surface area contributed by atoms with Gasteiger partial charge < -0.3 is 10.2 Å². The zero-order valence-corrected chi connectivity index (χ0v) is 12.0. The Labute approximate surface area is 116 Å². The number of carbonyl (C=O) groups is 1. The maximum atomic E-state index is 13.1. The van der Waals surface area contributed by atoms with Crippen LogP contribution in [0.5, 0.6) is 0 Å². The Bertz CT molecular complexity index is 484. The third-order valence-electron chi connectivity index (χ3n) is 3.14. The third kappa shape index (κ3) is 3.88. The van der Waals surface area contributed by atoms with Gasteiger partial charge in [-0.25, -0.2) is 0 Å². The zero-order valence-electron chi connectivity index (χ0n) is 12.0. The van der Waals surface area contributed by atoms with Crippen molar-refractivity contribution in [1.82, 2.24) is 0 Å².